The number of amides is 2. The lowest BCUT2D eigenvalue weighted by Crippen LogP contribution is -2.46. The first-order chi connectivity index (χ1) is 11.3. The van der Waals surface area contributed by atoms with Crippen LogP contribution in [0.5, 0.6) is 0 Å². The summed E-state index contributed by atoms with van der Waals surface area (Å²) in [6, 6.07) is 5.57. The molecule has 7 heteroatoms. The van der Waals surface area contributed by atoms with E-state index < -0.39 is 18.6 Å². The molecule has 2 amide bonds. The molecule has 4 nitrogen and oxygen atoms in total. The number of para-hydroxylation sites is 1. The van der Waals surface area contributed by atoms with Crippen molar-refractivity contribution in [2.24, 2.45) is 5.41 Å². The molecule has 2 N–H and O–H groups in total. The number of piperidine rings is 1. The molecule has 0 aromatic heterocycles. The fraction of sp³-hybridized carbons (Fsp3) is 0.588. The molecule has 24 heavy (non-hydrogen) atoms. The minimum atomic E-state index is -4.33. The smallest absolute Gasteiger partial charge is 0.393 e. The lowest BCUT2D eigenvalue weighted by Gasteiger charge is -2.40. The summed E-state index contributed by atoms with van der Waals surface area (Å²) in [4.78, 5) is 13.9. The average molecular weight is 344 g/mol. The van der Waals surface area contributed by atoms with E-state index in [1.54, 1.807) is 11.0 Å². The minimum Gasteiger partial charge on any atom is -0.396 e. The van der Waals surface area contributed by atoms with E-state index in [1.165, 1.54) is 18.2 Å². The summed E-state index contributed by atoms with van der Waals surface area (Å²) >= 11 is 0. The van der Waals surface area contributed by atoms with E-state index in [2.05, 4.69) is 5.32 Å². The molecule has 0 aliphatic carbocycles. The number of halogens is 3. The van der Waals surface area contributed by atoms with E-state index in [9.17, 15) is 23.1 Å². The molecule has 1 fully saturated rings. The van der Waals surface area contributed by atoms with Crippen molar-refractivity contribution < 1.29 is 23.1 Å². The molecule has 1 heterocycles. The second kappa shape index (κ2) is 7.42. The van der Waals surface area contributed by atoms with Gasteiger partial charge in [0.05, 0.1) is 6.42 Å². The minimum absolute atomic E-state index is 0.0497. The van der Waals surface area contributed by atoms with Crippen molar-refractivity contribution >= 4 is 11.7 Å². The Morgan fingerprint density at radius 3 is 2.46 bits per heavy atom. The maximum atomic E-state index is 12.6. The first-order valence-electron chi connectivity index (χ1n) is 8.10. The Bertz CT molecular complexity index is 561. The maximum absolute atomic E-state index is 12.6. The van der Waals surface area contributed by atoms with Gasteiger partial charge < -0.3 is 15.3 Å². The molecule has 1 aromatic carbocycles. The van der Waals surface area contributed by atoms with Gasteiger partial charge in [-0.2, -0.15) is 13.2 Å². The van der Waals surface area contributed by atoms with Gasteiger partial charge in [-0.05, 0) is 36.3 Å². The van der Waals surface area contributed by atoms with Crippen LogP contribution in [0.15, 0.2) is 24.3 Å². The van der Waals surface area contributed by atoms with Crippen molar-refractivity contribution in [1.82, 2.24) is 4.90 Å². The van der Waals surface area contributed by atoms with Crippen LogP contribution in [-0.4, -0.2) is 41.9 Å². The number of hydrogen-bond acceptors (Lipinski definition) is 2. The van der Waals surface area contributed by atoms with E-state index in [0.29, 0.717) is 25.9 Å². The predicted octanol–water partition coefficient (Wildman–Crippen LogP) is 3.81. The number of nitrogens with one attached hydrogen (secondary N) is 1. The number of nitrogens with zero attached hydrogens (tertiary/aromatic N) is 1. The van der Waals surface area contributed by atoms with Crippen LogP contribution in [0.4, 0.5) is 23.7 Å². The summed E-state index contributed by atoms with van der Waals surface area (Å²) in [5.41, 5.74) is 0.0910. The highest BCUT2D eigenvalue weighted by Gasteiger charge is 2.34. The highest BCUT2D eigenvalue weighted by atomic mass is 19.4. The number of aliphatic hydroxyl groups excluding tert-OH is 1. The SMILES string of the molecule is CCC1(CO)CCN(C(=O)Nc2ccccc2CC(F)(F)F)CC1. The molecule has 0 radical (unpaired) electrons. The number of benzene rings is 1. The number of alkyl halides is 3. The molecule has 1 saturated heterocycles. The standard InChI is InChI=1S/C17H23F3N2O2/c1-2-16(12-23)7-9-22(10-8-16)15(24)21-14-6-4-3-5-13(14)11-17(18,19)20/h3-6,23H,2,7-12H2,1H3,(H,21,24). The van der Waals surface area contributed by atoms with Gasteiger partial charge in [0, 0.05) is 25.4 Å². The molecule has 0 atom stereocenters. The van der Waals surface area contributed by atoms with Crippen LogP contribution in [0.2, 0.25) is 0 Å². The van der Waals surface area contributed by atoms with Gasteiger partial charge in [-0.15, -0.1) is 0 Å². The highest BCUT2D eigenvalue weighted by molar-refractivity contribution is 5.90. The van der Waals surface area contributed by atoms with Crippen molar-refractivity contribution in [3.05, 3.63) is 29.8 Å². The van der Waals surface area contributed by atoms with E-state index in [0.717, 1.165) is 6.42 Å². The topological polar surface area (TPSA) is 52.6 Å². The molecule has 1 aliphatic rings. The molecule has 1 aromatic rings. The number of likely N-dealkylation sites (tertiary alicyclic amines) is 1. The van der Waals surface area contributed by atoms with Gasteiger partial charge in [-0.25, -0.2) is 4.79 Å². The maximum Gasteiger partial charge on any atom is 0.393 e. The number of rotatable bonds is 4. The molecule has 0 bridgehead atoms. The number of hydrogen-bond donors (Lipinski definition) is 2. The zero-order valence-corrected chi connectivity index (χ0v) is 13.7. The molecule has 134 valence electrons. The first kappa shape index (κ1) is 18.6. The highest BCUT2D eigenvalue weighted by Crippen LogP contribution is 2.34. The lowest BCUT2D eigenvalue weighted by atomic mass is 9.77. The van der Waals surface area contributed by atoms with Gasteiger partial charge in [0.2, 0.25) is 0 Å². The Morgan fingerprint density at radius 1 is 1.29 bits per heavy atom. The number of carbonyl (C=O) groups is 1. The average Bonchev–Trinajstić information content (AvgIpc) is 2.55. The Kier molecular flexibility index (Phi) is 5.74. The first-order valence-corrected chi connectivity index (χ1v) is 8.10. The van der Waals surface area contributed by atoms with Crippen molar-refractivity contribution in [1.29, 1.82) is 0 Å². The summed E-state index contributed by atoms with van der Waals surface area (Å²) in [6.45, 7) is 3.08. The fourth-order valence-corrected chi connectivity index (χ4v) is 3.01. The van der Waals surface area contributed by atoms with Crippen LogP contribution < -0.4 is 5.32 Å². The molecular formula is C17H23F3N2O2. The largest absolute Gasteiger partial charge is 0.396 e. The van der Waals surface area contributed by atoms with E-state index in [-0.39, 0.29) is 23.3 Å². The summed E-state index contributed by atoms with van der Waals surface area (Å²) in [7, 11) is 0. The van der Waals surface area contributed by atoms with Gasteiger partial charge in [-0.1, -0.05) is 25.1 Å². The zero-order valence-electron chi connectivity index (χ0n) is 13.7. The van der Waals surface area contributed by atoms with Crippen LogP contribution in [-0.2, 0) is 6.42 Å². The van der Waals surface area contributed by atoms with Gasteiger partial charge >= 0.3 is 12.2 Å². The molecule has 0 unspecified atom stereocenters. The summed E-state index contributed by atoms with van der Waals surface area (Å²) in [6.07, 6.45) is -3.18. The zero-order chi connectivity index (χ0) is 17.8. The monoisotopic (exact) mass is 344 g/mol. The van der Waals surface area contributed by atoms with Gasteiger partial charge in [0.25, 0.3) is 0 Å². The van der Waals surface area contributed by atoms with Crippen LogP contribution in [0.3, 0.4) is 0 Å². The Hall–Kier alpha value is -1.76. The number of carbonyl (C=O) groups excluding carboxylic acids is 1. The molecule has 0 saturated carbocycles. The van der Waals surface area contributed by atoms with Gasteiger partial charge in [-0.3, -0.25) is 0 Å². The van der Waals surface area contributed by atoms with E-state index >= 15 is 0 Å². The number of urea groups is 1. The molecule has 1 aliphatic heterocycles. The second-order valence-corrected chi connectivity index (χ2v) is 6.38. The van der Waals surface area contributed by atoms with Crippen molar-refractivity contribution in [3.8, 4) is 0 Å². The van der Waals surface area contributed by atoms with Crippen LogP contribution in [0, 0.1) is 5.41 Å². The van der Waals surface area contributed by atoms with Gasteiger partial charge in [0.15, 0.2) is 0 Å². The predicted molar refractivity (Wildman–Crippen MR) is 85.8 cm³/mol. The van der Waals surface area contributed by atoms with Crippen molar-refractivity contribution in [2.45, 2.75) is 38.8 Å². The Balaban J connectivity index is 2.01. The van der Waals surface area contributed by atoms with E-state index in [4.69, 9.17) is 0 Å². The van der Waals surface area contributed by atoms with E-state index in [1.807, 2.05) is 6.92 Å². The van der Waals surface area contributed by atoms with Gasteiger partial charge in [0.1, 0.15) is 0 Å². The summed E-state index contributed by atoms with van der Waals surface area (Å²) < 4.78 is 37.9. The van der Waals surface area contributed by atoms with Crippen LogP contribution >= 0.6 is 0 Å². The number of anilines is 1. The second-order valence-electron chi connectivity index (χ2n) is 6.38. The number of aliphatic hydroxyl groups is 1. The van der Waals surface area contributed by atoms with Crippen LogP contribution in [0.1, 0.15) is 31.7 Å². The molecule has 0 spiro atoms. The van der Waals surface area contributed by atoms with Crippen molar-refractivity contribution in [3.63, 3.8) is 0 Å². The third kappa shape index (κ3) is 4.63. The lowest BCUT2D eigenvalue weighted by molar-refractivity contribution is -0.127. The third-order valence-corrected chi connectivity index (χ3v) is 4.85. The third-order valence-electron chi connectivity index (χ3n) is 4.85. The Labute approximate surface area is 139 Å². The normalized spacial score (nSPS) is 17.6. The van der Waals surface area contributed by atoms with Crippen LogP contribution in [0.25, 0.3) is 0 Å². The summed E-state index contributed by atoms with van der Waals surface area (Å²) in [5, 5.41) is 12.1. The Morgan fingerprint density at radius 2 is 1.92 bits per heavy atom. The molecular weight excluding hydrogens is 321 g/mol. The fourth-order valence-electron chi connectivity index (χ4n) is 3.01. The quantitative estimate of drug-likeness (QED) is 0.873. The molecule has 2 rings (SSSR count). The summed E-state index contributed by atoms with van der Waals surface area (Å²) in [5.74, 6) is 0. The van der Waals surface area contributed by atoms with Crippen molar-refractivity contribution in [2.75, 3.05) is 25.0 Å².